The summed E-state index contributed by atoms with van der Waals surface area (Å²) < 4.78 is 0. The standard InChI is InChI=1S/C20H24N4O3/c25-19(22-27)17-10-8-16(9-11-17)15-24(18-7-3-1-4-12-21-18)20(26)23-13-5-2-6-14-23/h3-4,7-12,27H,1-2,5-6,13-15H2,(H,22,25). The highest BCUT2D eigenvalue weighted by atomic mass is 16.5. The Kier molecular flexibility index (Phi) is 6.38. The minimum Gasteiger partial charge on any atom is -0.324 e. The van der Waals surface area contributed by atoms with E-state index < -0.39 is 5.91 Å². The molecule has 1 aromatic rings. The zero-order chi connectivity index (χ0) is 19.1. The SMILES string of the molecule is O=C(NO)c1ccc(CN(C(=O)N2CCCCC2)C2=NC=CCC=C2)cc1. The number of benzene rings is 1. The Morgan fingerprint density at radius 3 is 2.56 bits per heavy atom. The van der Waals surface area contributed by atoms with Gasteiger partial charge < -0.3 is 4.90 Å². The van der Waals surface area contributed by atoms with E-state index in [1.807, 2.05) is 23.1 Å². The van der Waals surface area contributed by atoms with Gasteiger partial charge in [0.05, 0.1) is 6.54 Å². The lowest BCUT2D eigenvalue weighted by Crippen LogP contribution is -2.47. The number of carbonyl (C=O) groups excluding carboxylic acids is 2. The van der Waals surface area contributed by atoms with E-state index >= 15 is 0 Å². The van der Waals surface area contributed by atoms with Gasteiger partial charge in [0.25, 0.3) is 5.91 Å². The zero-order valence-corrected chi connectivity index (χ0v) is 15.2. The molecule has 2 heterocycles. The van der Waals surface area contributed by atoms with Crippen LogP contribution in [0, 0.1) is 0 Å². The number of rotatable bonds is 3. The Balaban J connectivity index is 1.82. The zero-order valence-electron chi connectivity index (χ0n) is 15.2. The van der Waals surface area contributed by atoms with Crippen molar-refractivity contribution in [2.45, 2.75) is 32.2 Å². The van der Waals surface area contributed by atoms with Crippen molar-refractivity contribution >= 4 is 17.8 Å². The number of hydrogen-bond acceptors (Lipinski definition) is 4. The first-order valence-electron chi connectivity index (χ1n) is 9.18. The van der Waals surface area contributed by atoms with Crippen LogP contribution in [0.1, 0.15) is 41.6 Å². The van der Waals surface area contributed by atoms with Crippen LogP contribution in [0.2, 0.25) is 0 Å². The molecule has 7 heteroatoms. The largest absolute Gasteiger partial charge is 0.325 e. The lowest BCUT2D eigenvalue weighted by Gasteiger charge is -2.33. The van der Waals surface area contributed by atoms with Crippen molar-refractivity contribution in [2.75, 3.05) is 13.1 Å². The first-order chi connectivity index (χ1) is 13.2. The predicted octanol–water partition coefficient (Wildman–Crippen LogP) is 3.09. The smallest absolute Gasteiger partial charge is 0.324 e. The maximum absolute atomic E-state index is 13.2. The molecule has 7 nitrogen and oxygen atoms in total. The van der Waals surface area contributed by atoms with Gasteiger partial charge in [-0.2, -0.15) is 0 Å². The Labute approximate surface area is 158 Å². The average Bonchev–Trinajstić information content (AvgIpc) is 3.01. The van der Waals surface area contributed by atoms with Crippen LogP contribution in [0.25, 0.3) is 0 Å². The van der Waals surface area contributed by atoms with E-state index in [-0.39, 0.29) is 6.03 Å². The number of urea groups is 1. The number of piperidine rings is 1. The average molecular weight is 368 g/mol. The number of nitrogens with zero attached hydrogens (tertiary/aromatic N) is 3. The predicted molar refractivity (Wildman–Crippen MR) is 102 cm³/mol. The lowest BCUT2D eigenvalue weighted by molar-refractivity contribution is 0.0706. The molecule has 2 aliphatic rings. The summed E-state index contributed by atoms with van der Waals surface area (Å²) in [6, 6.07) is 6.74. The third-order valence-electron chi connectivity index (χ3n) is 4.64. The van der Waals surface area contributed by atoms with E-state index in [1.54, 1.807) is 40.8 Å². The minimum absolute atomic E-state index is 0.0504. The molecule has 1 aromatic carbocycles. The summed E-state index contributed by atoms with van der Waals surface area (Å²) >= 11 is 0. The summed E-state index contributed by atoms with van der Waals surface area (Å²) in [6.07, 6.45) is 11.5. The molecule has 0 aromatic heterocycles. The highest BCUT2D eigenvalue weighted by molar-refractivity contribution is 6.04. The molecule has 0 bridgehead atoms. The van der Waals surface area contributed by atoms with Crippen molar-refractivity contribution in [3.63, 3.8) is 0 Å². The highest BCUT2D eigenvalue weighted by Crippen LogP contribution is 2.16. The Morgan fingerprint density at radius 1 is 1.11 bits per heavy atom. The van der Waals surface area contributed by atoms with Gasteiger partial charge in [0, 0.05) is 24.9 Å². The fourth-order valence-electron chi connectivity index (χ4n) is 3.16. The van der Waals surface area contributed by atoms with Gasteiger partial charge in [-0.05, 0) is 49.5 Å². The molecule has 3 rings (SSSR count). The Bertz CT molecular complexity index is 762. The number of likely N-dealkylation sites (tertiary alicyclic amines) is 1. The number of allylic oxidation sites excluding steroid dienone is 2. The monoisotopic (exact) mass is 368 g/mol. The number of amidine groups is 1. The van der Waals surface area contributed by atoms with Crippen LogP contribution in [0.3, 0.4) is 0 Å². The van der Waals surface area contributed by atoms with Gasteiger partial charge in [0.2, 0.25) is 0 Å². The molecule has 2 N–H and O–H groups in total. The molecule has 2 aliphatic heterocycles. The van der Waals surface area contributed by atoms with Crippen molar-refractivity contribution in [2.24, 2.45) is 4.99 Å². The fraction of sp³-hybridized carbons (Fsp3) is 0.350. The van der Waals surface area contributed by atoms with Crippen LogP contribution >= 0.6 is 0 Å². The normalized spacial score (nSPS) is 16.5. The Morgan fingerprint density at radius 2 is 1.85 bits per heavy atom. The van der Waals surface area contributed by atoms with E-state index in [9.17, 15) is 9.59 Å². The minimum atomic E-state index is -0.566. The van der Waals surface area contributed by atoms with Crippen molar-refractivity contribution in [3.8, 4) is 0 Å². The third kappa shape index (κ3) is 4.83. The first kappa shape index (κ1) is 18.8. The summed E-state index contributed by atoms with van der Waals surface area (Å²) in [4.78, 5) is 32.6. The topological polar surface area (TPSA) is 85.2 Å². The summed E-state index contributed by atoms with van der Waals surface area (Å²) in [5.74, 6) is 0.0421. The molecular weight excluding hydrogens is 344 g/mol. The number of aliphatic imine (C=N–C) groups is 1. The summed E-state index contributed by atoms with van der Waals surface area (Å²) in [7, 11) is 0. The number of hydroxylamine groups is 1. The third-order valence-corrected chi connectivity index (χ3v) is 4.64. The molecular formula is C20H24N4O3. The molecule has 0 radical (unpaired) electrons. The van der Waals surface area contributed by atoms with Crippen LogP contribution in [-0.4, -0.2) is 45.9 Å². The van der Waals surface area contributed by atoms with E-state index in [4.69, 9.17) is 5.21 Å². The second-order valence-electron chi connectivity index (χ2n) is 6.56. The molecule has 27 heavy (non-hydrogen) atoms. The summed E-state index contributed by atoms with van der Waals surface area (Å²) in [5.41, 5.74) is 2.84. The van der Waals surface area contributed by atoms with Gasteiger partial charge in [0.15, 0.2) is 0 Å². The van der Waals surface area contributed by atoms with Crippen LogP contribution in [0.4, 0.5) is 4.79 Å². The number of nitrogens with one attached hydrogen (secondary N) is 1. The molecule has 0 unspecified atom stereocenters. The first-order valence-corrected chi connectivity index (χ1v) is 9.18. The second-order valence-corrected chi connectivity index (χ2v) is 6.56. The lowest BCUT2D eigenvalue weighted by atomic mass is 10.1. The van der Waals surface area contributed by atoms with Crippen LogP contribution < -0.4 is 5.48 Å². The molecule has 142 valence electrons. The van der Waals surface area contributed by atoms with E-state index in [2.05, 4.69) is 4.99 Å². The number of hydrogen-bond donors (Lipinski definition) is 2. The molecule has 3 amide bonds. The van der Waals surface area contributed by atoms with Crippen LogP contribution in [0.5, 0.6) is 0 Å². The van der Waals surface area contributed by atoms with Gasteiger partial charge in [-0.1, -0.05) is 24.3 Å². The number of carbonyl (C=O) groups is 2. The number of amides is 3. The Hall–Kier alpha value is -2.93. The van der Waals surface area contributed by atoms with Gasteiger partial charge in [-0.15, -0.1) is 0 Å². The fourth-order valence-corrected chi connectivity index (χ4v) is 3.16. The molecule has 0 aliphatic carbocycles. The summed E-state index contributed by atoms with van der Waals surface area (Å²) in [5, 5.41) is 8.73. The van der Waals surface area contributed by atoms with Crippen LogP contribution in [-0.2, 0) is 6.54 Å². The van der Waals surface area contributed by atoms with E-state index in [1.165, 1.54) is 0 Å². The quantitative estimate of drug-likeness (QED) is 0.635. The van der Waals surface area contributed by atoms with Gasteiger partial charge in [-0.25, -0.2) is 15.3 Å². The highest BCUT2D eigenvalue weighted by Gasteiger charge is 2.25. The van der Waals surface area contributed by atoms with Crippen molar-refractivity contribution in [1.82, 2.24) is 15.3 Å². The molecule has 0 spiro atoms. The molecule has 1 saturated heterocycles. The van der Waals surface area contributed by atoms with Crippen molar-refractivity contribution in [3.05, 3.63) is 59.8 Å². The molecule has 0 atom stereocenters. The van der Waals surface area contributed by atoms with Gasteiger partial charge >= 0.3 is 6.03 Å². The maximum Gasteiger partial charge on any atom is 0.325 e. The van der Waals surface area contributed by atoms with E-state index in [0.717, 1.165) is 44.3 Å². The second kappa shape index (κ2) is 9.14. The van der Waals surface area contributed by atoms with Crippen molar-refractivity contribution in [1.29, 1.82) is 0 Å². The van der Waals surface area contributed by atoms with Gasteiger partial charge in [-0.3, -0.25) is 14.9 Å². The maximum atomic E-state index is 13.2. The van der Waals surface area contributed by atoms with Crippen LogP contribution in [0.15, 0.2) is 53.7 Å². The summed E-state index contributed by atoms with van der Waals surface area (Å²) in [6.45, 7) is 1.88. The molecule has 0 saturated carbocycles. The van der Waals surface area contributed by atoms with E-state index in [0.29, 0.717) is 17.9 Å². The van der Waals surface area contributed by atoms with Gasteiger partial charge in [0.1, 0.15) is 5.84 Å². The van der Waals surface area contributed by atoms with Crippen molar-refractivity contribution < 1.29 is 14.8 Å². The molecule has 1 fully saturated rings.